The minimum atomic E-state index is -3.08. The number of rotatable bonds is 4. The van der Waals surface area contributed by atoms with Crippen molar-refractivity contribution in [1.82, 2.24) is 0 Å². The molecule has 0 aliphatic carbocycles. The number of alkyl halides is 2. The van der Waals surface area contributed by atoms with Crippen molar-refractivity contribution in [3.05, 3.63) is 34.1 Å². The number of hydrogen-bond donors (Lipinski definition) is 0. The molecule has 0 fully saturated rings. The third kappa shape index (κ3) is 3.76. The van der Waals surface area contributed by atoms with Crippen LogP contribution >= 0.6 is 0 Å². The summed E-state index contributed by atoms with van der Waals surface area (Å²) in [4.78, 5) is 13.7. The molecule has 6 nitrogen and oxygen atoms in total. The van der Waals surface area contributed by atoms with Crippen molar-refractivity contribution in [3.8, 4) is 0 Å². The first-order valence-electron chi connectivity index (χ1n) is 4.66. The molecule has 8 heteroatoms. The molecule has 0 atom stereocenters. The fraction of sp³-hybridized carbons (Fsp3) is 0.444. The van der Waals surface area contributed by atoms with Crippen LogP contribution in [0.2, 0.25) is 0 Å². The molecule has 0 N–H and O–H groups in total. The van der Waals surface area contributed by atoms with Gasteiger partial charge in [0.15, 0.2) is 6.61 Å². The zero-order valence-corrected chi connectivity index (χ0v) is 8.89. The van der Waals surface area contributed by atoms with Crippen molar-refractivity contribution < 1.29 is 23.0 Å². The number of carbonyl (C=O) groups is 1. The summed E-state index contributed by atoms with van der Waals surface area (Å²) in [6.07, 6.45) is 1.46. The first-order valence-corrected chi connectivity index (χ1v) is 4.66. The molecule has 0 unspecified atom stereocenters. The molecular formula is C9H9F2N3O3. The SMILES string of the molecule is CCOC(=O)C(=CC1=CC(F)(F)CO1)N=[N+]=[N-]. The average molecular weight is 245 g/mol. The van der Waals surface area contributed by atoms with Crippen LogP contribution in [-0.4, -0.2) is 25.1 Å². The second-order valence-corrected chi connectivity index (χ2v) is 3.04. The van der Waals surface area contributed by atoms with E-state index in [9.17, 15) is 13.6 Å². The van der Waals surface area contributed by atoms with E-state index in [1.165, 1.54) is 0 Å². The number of halogens is 2. The van der Waals surface area contributed by atoms with Crippen LogP contribution in [0.1, 0.15) is 6.92 Å². The van der Waals surface area contributed by atoms with Crippen LogP contribution in [0.4, 0.5) is 8.78 Å². The van der Waals surface area contributed by atoms with Crippen LogP contribution < -0.4 is 0 Å². The summed E-state index contributed by atoms with van der Waals surface area (Å²) in [5.41, 5.74) is 7.80. The number of hydrogen-bond acceptors (Lipinski definition) is 4. The number of carbonyl (C=O) groups excluding carboxylic acids is 1. The Balaban J connectivity index is 2.92. The van der Waals surface area contributed by atoms with E-state index in [4.69, 9.17) is 5.53 Å². The quantitative estimate of drug-likeness (QED) is 0.250. The van der Waals surface area contributed by atoms with Gasteiger partial charge in [0.1, 0.15) is 11.5 Å². The maximum absolute atomic E-state index is 12.7. The van der Waals surface area contributed by atoms with Crippen molar-refractivity contribution in [2.75, 3.05) is 13.2 Å². The van der Waals surface area contributed by atoms with E-state index in [2.05, 4.69) is 19.5 Å². The van der Waals surface area contributed by atoms with Gasteiger partial charge in [-0.15, -0.1) is 0 Å². The zero-order valence-electron chi connectivity index (χ0n) is 8.89. The second-order valence-electron chi connectivity index (χ2n) is 3.04. The molecule has 1 rings (SSSR count). The second kappa shape index (κ2) is 5.31. The largest absolute Gasteiger partial charge is 0.487 e. The third-order valence-electron chi connectivity index (χ3n) is 1.70. The molecule has 0 aromatic carbocycles. The van der Waals surface area contributed by atoms with Gasteiger partial charge in [0.05, 0.1) is 6.61 Å². The highest BCUT2D eigenvalue weighted by molar-refractivity contribution is 5.88. The van der Waals surface area contributed by atoms with Gasteiger partial charge in [-0.25, -0.2) is 4.79 Å². The van der Waals surface area contributed by atoms with Gasteiger partial charge >= 0.3 is 11.9 Å². The number of nitrogens with zero attached hydrogens (tertiary/aromatic N) is 3. The fourth-order valence-electron chi connectivity index (χ4n) is 1.07. The van der Waals surface area contributed by atoms with Gasteiger partial charge in [-0.05, 0) is 18.5 Å². The molecule has 17 heavy (non-hydrogen) atoms. The Morgan fingerprint density at radius 1 is 1.82 bits per heavy atom. The highest BCUT2D eigenvalue weighted by Gasteiger charge is 2.33. The summed E-state index contributed by atoms with van der Waals surface area (Å²) >= 11 is 0. The van der Waals surface area contributed by atoms with E-state index in [0.717, 1.165) is 6.08 Å². The highest BCUT2D eigenvalue weighted by atomic mass is 19.3. The van der Waals surface area contributed by atoms with Gasteiger partial charge in [0, 0.05) is 11.0 Å². The third-order valence-corrected chi connectivity index (χ3v) is 1.70. The first kappa shape index (κ1) is 13.0. The van der Waals surface area contributed by atoms with E-state index in [-0.39, 0.29) is 12.4 Å². The Bertz CT molecular complexity index is 425. The number of esters is 1. The van der Waals surface area contributed by atoms with Crippen molar-refractivity contribution >= 4 is 5.97 Å². The molecule has 1 aliphatic rings. The van der Waals surface area contributed by atoms with Crippen LogP contribution in [-0.2, 0) is 14.3 Å². The van der Waals surface area contributed by atoms with Crippen LogP contribution in [0, 0.1) is 0 Å². The fourth-order valence-corrected chi connectivity index (χ4v) is 1.07. The summed E-state index contributed by atoms with van der Waals surface area (Å²) < 4.78 is 34.7. The molecule has 0 bridgehead atoms. The predicted octanol–water partition coefficient (Wildman–Crippen LogP) is 2.29. The molecule has 92 valence electrons. The average Bonchev–Trinajstić information content (AvgIpc) is 2.58. The molecule has 0 aromatic rings. The Morgan fingerprint density at radius 2 is 2.53 bits per heavy atom. The van der Waals surface area contributed by atoms with Crippen LogP contribution in [0.5, 0.6) is 0 Å². The molecule has 0 saturated carbocycles. The van der Waals surface area contributed by atoms with E-state index >= 15 is 0 Å². The Kier molecular flexibility index (Phi) is 4.06. The molecule has 0 amide bonds. The molecule has 0 aromatic heterocycles. The van der Waals surface area contributed by atoms with Gasteiger partial charge in [-0.1, -0.05) is 5.11 Å². The van der Waals surface area contributed by atoms with E-state index in [0.29, 0.717) is 6.08 Å². The number of ether oxygens (including phenoxy) is 2. The summed E-state index contributed by atoms with van der Waals surface area (Å²) in [5.74, 6) is -4.21. The summed E-state index contributed by atoms with van der Waals surface area (Å²) in [6.45, 7) is 0.837. The van der Waals surface area contributed by atoms with Crippen LogP contribution in [0.15, 0.2) is 28.7 Å². The van der Waals surface area contributed by atoms with E-state index < -0.39 is 24.2 Å². The number of azide groups is 1. The maximum atomic E-state index is 12.7. The van der Waals surface area contributed by atoms with Crippen molar-refractivity contribution in [1.29, 1.82) is 0 Å². The monoisotopic (exact) mass is 245 g/mol. The summed E-state index contributed by atoms with van der Waals surface area (Å²) in [5, 5.41) is 3.06. The van der Waals surface area contributed by atoms with E-state index in [1.54, 1.807) is 6.92 Å². The first-order chi connectivity index (χ1) is 7.98. The van der Waals surface area contributed by atoms with Gasteiger partial charge < -0.3 is 9.47 Å². The molecule has 0 spiro atoms. The van der Waals surface area contributed by atoms with Crippen molar-refractivity contribution in [3.63, 3.8) is 0 Å². The summed E-state index contributed by atoms with van der Waals surface area (Å²) in [7, 11) is 0. The lowest BCUT2D eigenvalue weighted by Gasteiger charge is -2.02. The smallest absolute Gasteiger partial charge is 0.340 e. The lowest BCUT2D eigenvalue weighted by molar-refractivity contribution is -0.138. The van der Waals surface area contributed by atoms with Gasteiger partial charge in [-0.2, -0.15) is 8.78 Å². The molecule has 1 heterocycles. The Labute approximate surface area is 95.1 Å². The summed E-state index contributed by atoms with van der Waals surface area (Å²) in [6, 6.07) is 0. The minimum absolute atomic E-state index is 0.0766. The van der Waals surface area contributed by atoms with Crippen LogP contribution in [0.25, 0.3) is 10.4 Å². The van der Waals surface area contributed by atoms with Crippen LogP contribution in [0.3, 0.4) is 0 Å². The lowest BCUT2D eigenvalue weighted by atomic mass is 10.3. The maximum Gasteiger partial charge on any atom is 0.340 e. The van der Waals surface area contributed by atoms with Gasteiger partial charge in [0.25, 0.3) is 0 Å². The predicted molar refractivity (Wildman–Crippen MR) is 52.8 cm³/mol. The zero-order chi connectivity index (χ0) is 12.9. The normalized spacial score (nSPS) is 17.8. The minimum Gasteiger partial charge on any atom is -0.487 e. The molecule has 0 saturated heterocycles. The standard InChI is InChI=1S/C9H9F2N3O3/c1-2-16-8(15)7(13-14-12)3-6-4-9(10,11)5-17-6/h3-4H,2,5H2,1H3. The van der Waals surface area contributed by atoms with E-state index in [1.807, 2.05) is 0 Å². The Morgan fingerprint density at radius 3 is 3.00 bits per heavy atom. The topological polar surface area (TPSA) is 84.3 Å². The lowest BCUT2D eigenvalue weighted by Crippen LogP contribution is -2.12. The molecule has 0 radical (unpaired) electrons. The molecule has 1 aliphatic heterocycles. The van der Waals surface area contributed by atoms with Gasteiger partial charge in [0.2, 0.25) is 0 Å². The Hall–Kier alpha value is -2.08. The highest BCUT2D eigenvalue weighted by Crippen LogP contribution is 2.27. The van der Waals surface area contributed by atoms with Gasteiger partial charge in [-0.3, -0.25) is 0 Å². The van der Waals surface area contributed by atoms with Crippen molar-refractivity contribution in [2.45, 2.75) is 12.8 Å². The molecular weight excluding hydrogens is 236 g/mol. The number of allylic oxidation sites excluding steroid dienone is 1. The van der Waals surface area contributed by atoms with Crippen molar-refractivity contribution in [2.24, 2.45) is 5.11 Å².